The maximum atomic E-state index is 13.5. The van der Waals surface area contributed by atoms with Crippen LogP contribution in [0.3, 0.4) is 0 Å². The van der Waals surface area contributed by atoms with E-state index < -0.39 is 42.7 Å². The fourth-order valence-electron chi connectivity index (χ4n) is 4.94. The van der Waals surface area contributed by atoms with Gasteiger partial charge in [0.2, 0.25) is 5.91 Å². The molecule has 3 rings (SSSR count). The molecular formula is C23H36N4O5S3. The summed E-state index contributed by atoms with van der Waals surface area (Å²) < 4.78 is 51.9. The maximum absolute atomic E-state index is 13.5. The van der Waals surface area contributed by atoms with Gasteiger partial charge in [-0.25, -0.2) is 16.8 Å². The predicted octanol–water partition coefficient (Wildman–Crippen LogP) is 2.00. The van der Waals surface area contributed by atoms with E-state index in [9.17, 15) is 21.6 Å². The molecule has 35 heavy (non-hydrogen) atoms. The molecule has 1 amide bonds. The highest BCUT2D eigenvalue weighted by atomic mass is 32.2. The Labute approximate surface area is 214 Å². The molecule has 1 aromatic carbocycles. The van der Waals surface area contributed by atoms with Crippen molar-refractivity contribution in [3.8, 4) is 0 Å². The summed E-state index contributed by atoms with van der Waals surface area (Å²) in [5.41, 5.74) is 5.03. The van der Waals surface area contributed by atoms with E-state index in [-0.39, 0.29) is 40.5 Å². The Balaban J connectivity index is 1.85. The van der Waals surface area contributed by atoms with E-state index in [1.54, 1.807) is 18.2 Å². The van der Waals surface area contributed by atoms with Crippen LogP contribution in [0.4, 0.5) is 0 Å². The lowest BCUT2D eigenvalue weighted by Crippen LogP contribution is -2.62. The summed E-state index contributed by atoms with van der Waals surface area (Å²) in [7, 11) is -7.03. The molecule has 1 saturated carbocycles. The van der Waals surface area contributed by atoms with Crippen molar-refractivity contribution < 1.29 is 21.6 Å². The lowest BCUT2D eigenvalue weighted by atomic mass is 9.81. The topological polar surface area (TPSA) is 148 Å². The summed E-state index contributed by atoms with van der Waals surface area (Å²) in [6.45, 7) is 3.64. The number of nitrogens with zero attached hydrogens (tertiary/aromatic N) is 1. The van der Waals surface area contributed by atoms with Gasteiger partial charge in [-0.15, -0.1) is 0 Å². The highest BCUT2D eigenvalue weighted by molar-refractivity contribution is 7.91. The molecule has 1 saturated heterocycles. The molecule has 1 aromatic rings. The molecule has 0 radical (unpaired) electrons. The molecule has 4 N–H and O–H groups in total. The Bertz CT molecular complexity index is 1130. The predicted molar refractivity (Wildman–Crippen MR) is 141 cm³/mol. The van der Waals surface area contributed by atoms with Crippen LogP contribution < -0.4 is 15.8 Å². The van der Waals surface area contributed by atoms with Crippen molar-refractivity contribution in [1.29, 1.82) is 0 Å². The molecule has 12 heteroatoms. The van der Waals surface area contributed by atoms with Gasteiger partial charge in [0, 0.05) is 0 Å². The number of nitrogens with one attached hydrogen (secondary N) is 2. The zero-order valence-electron chi connectivity index (χ0n) is 20.2. The second kappa shape index (κ2) is 10.8. The van der Waals surface area contributed by atoms with Crippen molar-refractivity contribution in [2.75, 3.05) is 11.5 Å². The quantitative estimate of drug-likeness (QED) is 0.170. The number of hydrogen-bond acceptors (Lipinski definition) is 8. The van der Waals surface area contributed by atoms with Gasteiger partial charge < -0.3 is 11.1 Å². The average Bonchev–Trinajstić information content (AvgIpc) is 3.21. The summed E-state index contributed by atoms with van der Waals surface area (Å²) in [6, 6.07) is 7.08. The third kappa shape index (κ3) is 7.21. The lowest BCUT2D eigenvalue weighted by Gasteiger charge is -2.41. The van der Waals surface area contributed by atoms with Crippen LogP contribution in [0.5, 0.6) is 0 Å². The second-order valence-electron chi connectivity index (χ2n) is 10.1. The Morgan fingerprint density at radius 1 is 1.14 bits per heavy atom. The minimum atomic E-state index is -3.85. The van der Waals surface area contributed by atoms with Crippen LogP contribution in [0, 0.1) is 5.41 Å². The average molecular weight is 545 g/mol. The molecule has 2 fully saturated rings. The molecular weight excluding hydrogens is 508 g/mol. The first-order valence-corrected chi connectivity index (χ1v) is 15.7. The van der Waals surface area contributed by atoms with Gasteiger partial charge in [-0.05, 0) is 56.6 Å². The second-order valence-corrected chi connectivity index (χ2v) is 14.7. The van der Waals surface area contributed by atoms with Crippen LogP contribution >= 0.6 is 12.6 Å². The Morgan fingerprint density at radius 3 is 2.26 bits per heavy atom. The molecule has 1 heterocycles. The number of sulfonamides is 1. The van der Waals surface area contributed by atoms with Crippen molar-refractivity contribution in [3.05, 3.63) is 30.3 Å². The van der Waals surface area contributed by atoms with Crippen molar-refractivity contribution in [3.63, 3.8) is 0 Å². The number of thiol groups is 1. The first kappa shape index (κ1) is 27.9. The fraction of sp³-hybridized carbons (Fsp3) is 0.652. The summed E-state index contributed by atoms with van der Waals surface area (Å²) in [6.07, 6.45) is 4.82. The van der Waals surface area contributed by atoms with Gasteiger partial charge in [-0.3, -0.25) is 14.5 Å². The first-order chi connectivity index (χ1) is 16.3. The Morgan fingerprint density at radius 2 is 1.71 bits per heavy atom. The molecule has 2 aliphatic rings. The van der Waals surface area contributed by atoms with Crippen LogP contribution in [-0.4, -0.2) is 57.0 Å². The molecule has 1 unspecified atom stereocenters. The molecule has 9 nitrogen and oxygen atoms in total. The van der Waals surface area contributed by atoms with Crippen molar-refractivity contribution in [1.82, 2.24) is 10.0 Å². The number of carbonyl (C=O) groups excluding carboxylic acids is 1. The van der Waals surface area contributed by atoms with E-state index in [0.29, 0.717) is 6.42 Å². The van der Waals surface area contributed by atoms with E-state index in [1.165, 1.54) is 19.1 Å². The van der Waals surface area contributed by atoms with Crippen LogP contribution in [0.15, 0.2) is 40.2 Å². The molecule has 0 aromatic heterocycles. The standard InChI is InChI=1S/C23H36N4O5S3/c1-17(27-35(31,32)18-8-4-3-5-9-18)25-19(16-22(2)10-6-7-11-22)20(28)26-23(21(24)33)12-14-34(29,30)15-13-23/h3-5,8-9,19,21,33H,6-7,10-16,24H2,1-2H3,(H,25,27)(H,26,28)/t19-,21?/m0/s1. The summed E-state index contributed by atoms with van der Waals surface area (Å²) in [4.78, 5) is 18.2. The van der Waals surface area contributed by atoms with E-state index in [2.05, 4.69) is 34.6 Å². The van der Waals surface area contributed by atoms with Crippen LogP contribution in [-0.2, 0) is 24.7 Å². The maximum Gasteiger partial charge on any atom is 0.262 e. The summed E-state index contributed by atoms with van der Waals surface area (Å²) in [5, 5.41) is 2.21. The van der Waals surface area contributed by atoms with Crippen LogP contribution in [0.25, 0.3) is 0 Å². The van der Waals surface area contributed by atoms with Gasteiger partial charge in [0.15, 0.2) is 9.84 Å². The number of carbonyl (C=O) groups is 1. The third-order valence-electron chi connectivity index (χ3n) is 7.14. The highest BCUT2D eigenvalue weighted by Crippen LogP contribution is 2.42. The fourth-order valence-corrected chi connectivity index (χ4v) is 7.89. The number of amidine groups is 1. The molecule has 0 spiro atoms. The van der Waals surface area contributed by atoms with Gasteiger partial charge in [0.25, 0.3) is 10.0 Å². The first-order valence-electron chi connectivity index (χ1n) is 11.8. The highest BCUT2D eigenvalue weighted by Gasteiger charge is 2.44. The normalized spacial score (nSPS) is 23.3. The minimum Gasteiger partial charge on any atom is -0.346 e. The monoisotopic (exact) mass is 544 g/mol. The third-order valence-corrected chi connectivity index (χ3v) is 10.7. The van der Waals surface area contributed by atoms with Gasteiger partial charge in [0.1, 0.15) is 11.9 Å². The van der Waals surface area contributed by atoms with Gasteiger partial charge in [-0.2, -0.15) is 12.6 Å². The summed E-state index contributed by atoms with van der Waals surface area (Å²) in [5.74, 6) is -0.460. The number of hydrogen-bond donors (Lipinski definition) is 4. The SMILES string of the molecule is CC(=N[C@@H](CC1(C)CCCC1)C(=O)NC1(C(N)S)CCS(=O)(=O)CC1)NS(=O)(=O)c1ccccc1. The lowest BCUT2D eigenvalue weighted by molar-refractivity contribution is -0.125. The molecule has 196 valence electrons. The number of rotatable bonds is 8. The molecule has 1 aliphatic carbocycles. The smallest absolute Gasteiger partial charge is 0.262 e. The van der Waals surface area contributed by atoms with E-state index in [4.69, 9.17) is 5.73 Å². The van der Waals surface area contributed by atoms with Gasteiger partial charge in [0.05, 0.1) is 27.3 Å². The molecule has 0 bridgehead atoms. The number of aliphatic imine (C=N–C) groups is 1. The van der Waals surface area contributed by atoms with Crippen molar-refractivity contribution >= 4 is 44.2 Å². The van der Waals surface area contributed by atoms with E-state index >= 15 is 0 Å². The van der Waals surface area contributed by atoms with Gasteiger partial charge >= 0.3 is 0 Å². The Hall–Kier alpha value is -1.63. The number of nitrogens with two attached hydrogens (primary N) is 1. The van der Waals surface area contributed by atoms with Crippen molar-refractivity contribution in [2.45, 2.75) is 80.6 Å². The summed E-state index contributed by atoms with van der Waals surface area (Å²) >= 11 is 4.37. The Kier molecular flexibility index (Phi) is 8.61. The number of benzene rings is 1. The van der Waals surface area contributed by atoms with Crippen LogP contribution in [0.2, 0.25) is 0 Å². The number of amides is 1. The van der Waals surface area contributed by atoms with Gasteiger partial charge in [-0.1, -0.05) is 38.0 Å². The van der Waals surface area contributed by atoms with Crippen LogP contribution in [0.1, 0.15) is 58.8 Å². The minimum absolute atomic E-state index is 0.0803. The zero-order chi connectivity index (χ0) is 25.9. The number of sulfone groups is 1. The van der Waals surface area contributed by atoms with E-state index in [0.717, 1.165) is 25.7 Å². The van der Waals surface area contributed by atoms with Crippen molar-refractivity contribution in [2.24, 2.45) is 16.1 Å². The largest absolute Gasteiger partial charge is 0.346 e. The zero-order valence-corrected chi connectivity index (χ0v) is 22.8. The molecule has 1 aliphatic heterocycles. The van der Waals surface area contributed by atoms with E-state index in [1.807, 2.05) is 0 Å². The molecule has 2 atom stereocenters.